The molecule has 0 saturated carbocycles. The number of benzene rings is 1. The molecule has 1 amide bonds. The Hall–Kier alpha value is -1.44. The van der Waals surface area contributed by atoms with Crippen molar-refractivity contribution in [3.63, 3.8) is 0 Å². The zero-order valence-corrected chi connectivity index (χ0v) is 12.1. The van der Waals surface area contributed by atoms with Crippen LogP contribution in [0.4, 0.5) is 0 Å². The van der Waals surface area contributed by atoms with Crippen LogP contribution in [0.2, 0.25) is 0 Å². The molecule has 0 radical (unpaired) electrons. The van der Waals surface area contributed by atoms with Gasteiger partial charge in [0, 0.05) is 27.7 Å². The second-order valence-corrected chi connectivity index (χ2v) is 6.37. The molecule has 106 valence electrons. The number of carbonyl (C=O) groups excluding carboxylic acids is 1. The van der Waals surface area contributed by atoms with Gasteiger partial charge in [-0.2, -0.15) is 4.31 Å². The maximum absolute atomic E-state index is 12.4. The molecule has 1 rings (SSSR count). The molecule has 0 atom stereocenters. The van der Waals surface area contributed by atoms with Gasteiger partial charge < -0.3 is 10.6 Å². The highest BCUT2D eigenvalue weighted by atomic mass is 32.2. The van der Waals surface area contributed by atoms with Gasteiger partial charge in [-0.15, -0.1) is 0 Å². The number of rotatable bonds is 5. The van der Waals surface area contributed by atoms with Gasteiger partial charge in [-0.05, 0) is 11.6 Å². The number of hydrogen-bond donors (Lipinski definition) is 1. The summed E-state index contributed by atoms with van der Waals surface area (Å²) >= 11 is 0. The second kappa shape index (κ2) is 6.14. The van der Waals surface area contributed by atoms with Crippen molar-refractivity contribution < 1.29 is 13.2 Å². The van der Waals surface area contributed by atoms with Gasteiger partial charge in [0.1, 0.15) is 0 Å². The molecule has 0 aliphatic heterocycles. The lowest BCUT2D eigenvalue weighted by molar-refractivity contribution is -0.128. The van der Waals surface area contributed by atoms with Gasteiger partial charge in [0.05, 0.1) is 11.4 Å². The molecule has 0 saturated heterocycles. The van der Waals surface area contributed by atoms with Crippen molar-refractivity contribution in [1.29, 1.82) is 0 Å². The van der Waals surface area contributed by atoms with Crippen molar-refractivity contribution >= 4 is 15.9 Å². The van der Waals surface area contributed by atoms with Crippen LogP contribution < -0.4 is 5.73 Å². The lowest BCUT2D eigenvalue weighted by Crippen LogP contribution is -2.38. The first-order valence-electron chi connectivity index (χ1n) is 5.75. The molecule has 6 nitrogen and oxygen atoms in total. The summed E-state index contributed by atoms with van der Waals surface area (Å²) in [5.74, 6) is -0.281. The molecule has 0 bridgehead atoms. The Bertz CT molecular complexity index is 555. The van der Waals surface area contributed by atoms with Gasteiger partial charge in [0.2, 0.25) is 15.9 Å². The fraction of sp³-hybridized carbons (Fsp3) is 0.417. The zero-order chi connectivity index (χ0) is 14.6. The van der Waals surface area contributed by atoms with Crippen LogP contribution in [0.3, 0.4) is 0 Å². The van der Waals surface area contributed by atoms with Gasteiger partial charge >= 0.3 is 0 Å². The van der Waals surface area contributed by atoms with Gasteiger partial charge in [-0.1, -0.05) is 18.2 Å². The normalized spacial score (nSPS) is 11.6. The quantitative estimate of drug-likeness (QED) is 0.816. The molecule has 0 spiro atoms. The summed E-state index contributed by atoms with van der Waals surface area (Å²) in [5.41, 5.74) is 6.07. The van der Waals surface area contributed by atoms with E-state index in [0.29, 0.717) is 5.56 Å². The molecule has 0 aliphatic rings. The molecule has 7 heteroatoms. The summed E-state index contributed by atoms with van der Waals surface area (Å²) in [5, 5.41) is 0. The topological polar surface area (TPSA) is 83.7 Å². The van der Waals surface area contributed by atoms with Crippen molar-refractivity contribution in [1.82, 2.24) is 9.21 Å². The average molecular weight is 285 g/mol. The van der Waals surface area contributed by atoms with Crippen LogP contribution in [0, 0.1) is 0 Å². The SMILES string of the molecule is CN(C)C(=O)CN(C)S(=O)(=O)c1ccccc1CN. The molecule has 19 heavy (non-hydrogen) atoms. The van der Waals surface area contributed by atoms with Crippen molar-refractivity contribution in [3.8, 4) is 0 Å². The van der Waals surface area contributed by atoms with E-state index in [1.165, 1.54) is 18.0 Å². The van der Waals surface area contributed by atoms with E-state index in [2.05, 4.69) is 0 Å². The number of nitrogens with two attached hydrogens (primary N) is 1. The summed E-state index contributed by atoms with van der Waals surface area (Å²) in [6.45, 7) is -0.0703. The molecule has 1 aromatic carbocycles. The number of nitrogens with zero attached hydrogens (tertiary/aromatic N) is 2. The van der Waals surface area contributed by atoms with Crippen LogP contribution in [-0.2, 0) is 21.4 Å². The predicted octanol–water partition coefficient (Wildman–Crippen LogP) is -0.146. The maximum Gasteiger partial charge on any atom is 0.243 e. The third-order valence-corrected chi connectivity index (χ3v) is 4.64. The summed E-state index contributed by atoms with van der Waals surface area (Å²) in [4.78, 5) is 13.1. The third kappa shape index (κ3) is 3.52. The van der Waals surface area contributed by atoms with E-state index in [9.17, 15) is 13.2 Å². The van der Waals surface area contributed by atoms with Crippen LogP contribution in [0.1, 0.15) is 5.56 Å². The number of carbonyl (C=O) groups is 1. The maximum atomic E-state index is 12.4. The van der Waals surface area contributed by atoms with Crippen molar-refractivity contribution in [2.75, 3.05) is 27.7 Å². The molecular weight excluding hydrogens is 266 g/mol. The lowest BCUT2D eigenvalue weighted by Gasteiger charge is -2.20. The molecule has 0 heterocycles. The average Bonchev–Trinajstić information content (AvgIpc) is 2.38. The fourth-order valence-electron chi connectivity index (χ4n) is 1.51. The summed E-state index contributed by atoms with van der Waals surface area (Å²) in [7, 11) is 0.834. The van der Waals surface area contributed by atoms with Crippen molar-refractivity contribution in [2.45, 2.75) is 11.4 Å². The molecule has 0 unspecified atom stereocenters. The van der Waals surface area contributed by atoms with Crippen LogP contribution in [0.25, 0.3) is 0 Å². The van der Waals surface area contributed by atoms with Gasteiger partial charge in [0.15, 0.2) is 0 Å². The Morgan fingerprint density at radius 3 is 2.32 bits per heavy atom. The highest BCUT2D eigenvalue weighted by molar-refractivity contribution is 7.89. The van der Waals surface area contributed by atoms with Crippen LogP contribution in [0.15, 0.2) is 29.2 Å². The van der Waals surface area contributed by atoms with E-state index >= 15 is 0 Å². The standard InChI is InChI=1S/C12H19N3O3S/c1-14(2)12(16)9-15(3)19(17,18)11-7-5-4-6-10(11)8-13/h4-7H,8-9,13H2,1-3H3. The van der Waals surface area contributed by atoms with E-state index in [4.69, 9.17) is 5.73 Å². The minimum absolute atomic E-state index is 0.130. The Labute approximate surface area is 113 Å². The summed E-state index contributed by atoms with van der Waals surface area (Å²) in [6, 6.07) is 6.52. The van der Waals surface area contributed by atoms with Crippen molar-refractivity contribution in [2.24, 2.45) is 5.73 Å². The first kappa shape index (κ1) is 15.6. The Balaban J connectivity index is 3.07. The van der Waals surface area contributed by atoms with E-state index in [0.717, 1.165) is 4.31 Å². The van der Waals surface area contributed by atoms with E-state index < -0.39 is 10.0 Å². The lowest BCUT2D eigenvalue weighted by atomic mass is 10.2. The molecule has 2 N–H and O–H groups in total. The smallest absolute Gasteiger partial charge is 0.243 e. The number of amides is 1. The molecule has 0 aromatic heterocycles. The highest BCUT2D eigenvalue weighted by Gasteiger charge is 2.25. The van der Waals surface area contributed by atoms with Gasteiger partial charge in [-0.25, -0.2) is 8.42 Å². The van der Waals surface area contributed by atoms with Crippen LogP contribution in [-0.4, -0.2) is 51.2 Å². The highest BCUT2D eigenvalue weighted by Crippen LogP contribution is 2.18. The van der Waals surface area contributed by atoms with E-state index in [1.807, 2.05) is 0 Å². The molecular formula is C12H19N3O3S. The van der Waals surface area contributed by atoms with E-state index in [1.54, 1.807) is 32.3 Å². The van der Waals surface area contributed by atoms with Gasteiger partial charge in [0.25, 0.3) is 0 Å². The fourth-order valence-corrected chi connectivity index (χ4v) is 2.86. The van der Waals surface area contributed by atoms with Crippen molar-refractivity contribution in [3.05, 3.63) is 29.8 Å². The third-order valence-electron chi connectivity index (χ3n) is 2.74. The number of likely N-dealkylation sites (N-methyl/N-ethyl adjacent to an activating group) is 2. The largest absolute Gasteiger partial charge is 0.348 e. The first-order valence-corrected chi connectivity index (χ1v) is 7.19. The van der Waals surface area contributed by atoms with Crippen LogP contribution >= 0.6 is 0 Å². The minimum Gasteiger partial charge on any atom is -0.348 e. The number of hydrogen-bond acceptors (Lipinski definition) is 4. The minimum atomic E-state index is -3.70. The zero-order valence-electron chi connectivity index (χ0n) is 11.3. The first-order chi connectivity index (χ1) is 8.80. The van der Waals surface area contributed by atoms with Gasteiger partial charge in [-0.3, -0.25) is 4.79 Å². The molecule has 0 aliphatic carbocycles. The number of sulfonamides is 1. The molecule has 1 aromatic rings. The summed E-state index contributed by atoms with van der Waals surface area (Å²) < 4.78 is 25.8. The second-order valence-electron chi connectivity index (χ2n) is 4.36. The Morgan fingerprint density at radius 2 is 1.79 bits per heavy atom. The Morgan fingerprint density at radius 1 is 1.21 bits per heavy atom. The summed E-state index contributed by atoms with van der Waals surface area (Å²) in [6.07, 6.45) is 0. The predicted molar refractivity (Wildman–Crippen MR) is 72.8 cm³/mol. The van der Waals surface area contributed by atoms with Crippen LogP contribution in [0.5, 0.6) is 0 Å². The molecule has 0 fully saturated rings. The monoisotopic (exact) mass is 285 g/mol. The van der Waals surface area contributed by atoms with E-state index in [-0.39, 0.29) is 23.9 Å². The Kier molecular flexibility index (Phi) is 5.04.